The Hall–Kier alpha value is -1.62. The fourth-order valence-electron chi connectivity index (χ4n) is 1.76. The van der Waals surface area contributed by atoms with Crippen molar-refractivity contribution in [2.24, 2.45) is 13.0 Å². The molecule has 0 aliphatic heterocycles. The molecule has 0 unspecified atom stereocenters. The number of nitrogens with one attached hydrogen (secondary N) is 2. The molecule has 0 aromatic carbocycles. The van der Waals surface area contributed by atoms with Gasteiger partial charge in [-0.2, -0.15) is 0 Å². The molecule has 0 radical (unpaired) electrons. The summed E-state index contributed by atoms with van der Waals surface area (Å²) in [5.41, 5.74) is 1.40. The maximum Gasteiger partial charge on any atom is 0.250 e. The molecule has 1 amide bonds. The van der Waals surface area contributed by atoms with Crippen LogP contribution in [0.25, 0.3) is 0 Å². The van der Waals surface area contributed by atoms with Gasteiger partial charge in [-0.3, -0.25) is 9.59 Å². The van der Waals surface area contributed by atoms with Crippen molar-refractivity contribution >= 4 is 11.6 Å². The Morgan fingerprint density at radius 1 is 1.50 bits per heavy atom. The second-order valence-corrected chi connectivity index (χ2v) is 4.94. The van der Waals surface area contributed by atoms with Gasteiger partial charge < -0.3 is 15.2 Å². The Labute approximate surface area is 106 Å². The van der Waals surface area contributed by atoms with Gasteiger partial charge in [0, 0.05) is 19.3 Å². The number of amides is 1. The van der Waals surface area contributed by atoms with Crippen LogP contribution >= 0.6 is 0 Å². The van der Waals surface area contributed by atoms with Crippen LogP contribution in [-0.2, 0) is 11.8 Å². The highest BCUT2D eigenvalue weighted by Gasteiger charge is 2.20. The summed E-state index contributed by atoms with van der Waals surface area (Å²) < 4.78 is 1.46. The van der Waals surface area contributed by atoms with Crippen molar-refractivity contribution < 1.29 is 4.79 Å². The molecule has 1 saturated carbocycles. The number of hydrogen-bond acceptors (Lipinski definition) is 3. The molecule has 2 rings (SSSR count). The quantitative estimate of drug-likeness (QED) is 0.804. The number of pyridine rings is 1. The maximum atomic E-state index is 11.7. The third kappa shape index (κ3) is 3.43. The minimum Gasteiger partial charge on any atom is -0.323 e. The van der Waals surface area contributed by atoms with Crippen LogP contribution in [0.2, 0.25) is 0 Å². The smallest absolute Gasteiger partial charge is 0.250 e. The van der Waals surface area contributed by atoms with Crippen molar-refractivity contribution in [3.63, 3.8) is 0 Å². The minimum atomic E-state index is -0.0719. The fourth-order valence-corrected chi connectivity index (χ4v) is 1.76. The number of hydrogen-bond donors (Lipinski definition) is 2. The van der Waals surface area contributed by atoms with Crippen LogP contribution in [0.15, 0.2) is 17.1 Å². The van der Waals surface area contributed by atoms with Gasteiger partial charge in [0.15, 0.2) is 0 Å². The van der Waals surface area contributed by atoms with E-state index in [1.807, 2.05) is 6.92 Å². The topological polar surface area (TPSA) is 63.1 Å². The first-order valence-corrected chi connectivity index (χ1v) is 6.24. The standard InChI is InChI=1S/C13H19N3O2/c1-9-5-13(18)16(2)8-11(9)15-12(17)7-14-6-10-3-4-10/h5,8,10,14H,3-4,6-7H2,1-2H3,(H,15,17). The lowest BCUT2D eigenvalue weighted by Gasteiger charge is -2.10. The third-order valence-corrected chi connectivity index (χ3v) is 3.12. The van der Waals surface area contributed by atoms with Crippen LogP contribution in [0.3, 0.4) is 0 Å². The fraction of sp³-hybridized carbons (Fsp3) is 0.538. The molecule has 5 heteroatoms. The summed E-state index contributed by atoms with van der Waals surface area (Å²) in [7, 11) is 1.67. The van der Waals surface area contributed by atoms with Crippen LogP contribution in [0.5, 0.6) is 0 Å². The molecule has 5 nitrogen and oxygen atoms in total. The third-order valence-electron chi connectivity index (χ3n) is 3.12. The van der Waals surface area contributed by atoms with E-state index in [-0.39, 0.29) is 11.5 Å². The monoisotopic (exact) mass is 249 g/mol. The molecule has 0 saturated heterocycles. The summed E-state index contributed by atoms with van der Waals surface area (Å²) in [5, 5.41) is 5.94. The van der Waals surface area contributed by atoms with Gasteiger partial charge in [-0.05, 0) is 37.8 Å². The van der Waals surface area contributed by atoms with E-state index in [4.69, 9.17) is 0 Å². The summed E-state index contributed by atoms with van der Waals surface area (Å²) in [6.07, 6.45) is 4.19. The van der Waals surface area contributed by atoms with Crippen LogP contribution in [0, 0.1) is 12.8 Å². The molecule has 2 N–H and O–H groups in total. The first kappa shape index (κ1) is 12.8. The van der Waals surface area contributed by atoms with Gasteiger partial charge in [-0.15, -0.1) is 0 Å². The first-order valence-electron chi connectivity index (χ1n) is 6.24. The van der Waals surface area contributed by atoms with Crippen LogP contribution in [0.4, 0.5) is 5.69 Å². The number of aromatic nitrogens is 1. The normalized spacial score (nSPS) is 14.6. The van der Waals surface area contributed by atoms with E-state index in [9.17, 15) is 9.59 Å². The molecule has 1 aliphatic carbocycles. The van der Waals surface area contributed by atoms with E-state index in [2.05, 4.69) is 10.6 Å². The van der Waals surface area contributed by atoms with Crippen LogP contribution in [0.1, 0.15) is 18.4 Å². The Bertz CT molecular complexity index is 503. The summed E-state index contributed by atoms with van der Waals surface area (Å²) in [6, 6.07) is 1.52. The SMILES string of the molecule is Cc1cc(=O)n(C)cc1NC(=O)CNCC1CC1. The molecule has 1 aromatic heterocycles. The summed E-state index contributed by atoms with van der Waals surface area (Å²) >= 11 is 0. The number of carbonyl (C=O) groups excluding carboxylic acids is 1. The number of carbonyl (C=O) groups is 1. The molecule has 98 valence electrons. The molecule has 1 fully saturated rings. The molecule has 1 aromatic rings. The van der Waals surface area contributed by atoms with E-state index < -0.39 is 0 Å². The van der Waals surface area contributed by atoms with E-state index in [1.165, 1.54) is 23.5 Å². The van der Waals surface area contributed by atoms with Crippen molar-refractivity contribution in [3.8, 4) is 0 Å². The van der Waals surface area contributed by atoms with Crippen LogP contribution < -0.4 is 16.2 Å². The molecule has 1 heterocycles. The van der Waals surface area contributed by atoms with Crippen molar-refractivity contribution in [2.45, 2.75) is 19.8 Å². The van der Waals surface area contributed by atoms with Gasteiger partial charge in [-0.25, -0.2) is 0 Å². The average molecular weight is 249 g/mol. The average Bonchev–Trinajstić information content (AvgIpc) is 3.10. The number of anilines is 1. The summed E-state index contributed by atoms with van der Waals surface area (Å²) in [6.45, 7) is 3.05. The zero-order valence-corrected chi connectivity index (χ0v) is 10.8. The molecular weight excluding hydrogens is 230 g/mol. The summed E-state index contributed by atoms with van der Waals surface area (Å²) in [5.74, 6) is 0.689. The number of nitrogens with zero attached hydrogens (tertiary/aromatic N) is 1. The van der Waals surface area contributed by atoms with E-state index in [0.717, 1.165) is 18.0 Å². The lowest BCUT2D eigenvalue weighted by atomic mass is 10.2. The highest BCUT2D eigenvalue weighted by molar-refractivity contribution is 5.92. The van der Waals surface area contributed by atoms with Gasteiger partial charge in [0.05, 0.1) is 12.2 Å². The highest BCUT2D eigenvalue weighted by atomic mass is 16.2. The molecule has 1 aliphatic rings. The van der Waals surface area contributed by atoms with Gasteiger partial charge in [0.1, 0.15) is 0 Å². The predicted octanol–water partition coefficient (Wildman–Crippen LogP) is 0.632. The van der Waals surface area contributed by atoms with Crippen molar-refractivity contribution in [2.75, 3.05) is 18.4 Å². The lowest BCUT2D eigenvalue weighted by molar-refractivity contribution is -0.115. The minimum absolute atomic E-state index is 0.0719. The predicted molar refractivity (Wildman–Crippen MR) is 70.6 cm³/mol. The second kappa shape index (κ2) is 5.35. The van der Waals surface area contributed by atoms with E-state index >= 15 is 0 Å². The van der Waals surface area contributed by atoms with Gasteiger partial charge in [0.25, 0.3) is 5.56 Å². The Balaban J connectivity index is 1.89. The zero-order valence-electron chi connectivity index (χ0n) is 10.8. The van der Waals surface area contributed by atoms with Gasteiger partial charge in [-0.1, -0.05) is 0 Å². The van der Waals surface area contributed by atoms with Crippen molar-refractivity contribution in [3.05, 3.63) is 28.2 Å². The second-order valence-electron chi connectivity index (χ2n) is 4.94. The molecule has 0 spiro atoms. The molecular formula is C13H19N3O2. The van der Waals surface area contributed by atoms with Crippen molar-refractivity contribution in [1.82, 2.24) is 9.88 Å². The Morgan fingerprint density at radius 2 is 2.22 bits per heavy atom. The van der Waals surface area contributed by atoms with Gasteiger partial charge >= 0.3 is 0 Å². The Kier molecular flexibility index (Phi) is 3.81. The zero-order chi connectivity index (χ0) is 13.1. The largest absolute Gasteiger partial charge is 0.323 e. The van der Waals surface area contributed by atoms with E-state index in [0.29, 0.717) is 12.2 Å². The Morgan fingerprint density at radius 3 is 2.89 bits per heavy atom. The summed E-state index contributed by atoms with van der Waals surface area (Å²) in [4.78, 5) is 23.1. The molecule has 0 atom stereocenters. The maximum absolute atomic E-state index is 11.7. The van der Waals surface area contributed by atoms with Crippen molar-refractivity contribution in [1.29, 1.82) is 0 Å². The van der Waals surface area contributed by atoms with Crippen LogP contribution in [-0.4, -0.2) is 23.6 Å². The molecule has 0 bridgehead atoms. The number of rotatable bonds is 5. The van der Waals surface area contributed by atoms with E-state index in [1.54, 1.807) is 13.2 Å². The first-order chi connectivity index (χ1) is 8.56. The number of aryl methyl sites for hydroxylation is 2. The lowest BCUT2D eigenvalue weighted by Crippen LogP contribution is -2.30. The highest BCUT2D eigenvalue weighted by Crippen LogP contribution is 2.27. The van der Waals surface area contributed by atoms with Gasteiger partial charge in [0.2, 0.25) is 5.91 Å². The molecule has 18 heavy (non-hydrogen) atoms.